The lowest BCUT2D eigenvalue weighted by Gasteiger charge is -2.05. The van der Waals surface area contributed by atoms with E-state index in [0.717, 1.165) is 19.8 Å². The Kier molecular flexibility index (Phi) is 4.01. The second kappa shape index (κ2) is 5.33. The van der Waals surface area contributed by atoms with Gasteiger partial charge in [-0.15, -0.1) is 11.3 Å². The van der Waals surface area contributed by atoms with Crippen molar-refractivity contribution in [2.75, 3.05) is 5.73 Å². The first kappa shape index (κ1) is 12.8. The molecule has 0 saturated heterocycles. The molecule has 0 fully saturated rings. The zero-order valence-corrected chi connectivity index (χ0v) is 12.5. The first-order valence-electron chi connectivity index (χ1n) is 5.03. The molecule has 2 rings (SSSR count). The van der Waals surface area contributed by atoms with Crippen molar-refractivity contribution in [1.29, 1.82) is 0 Å². The van der Waals surface area contributed by atoms with Crippen LogP contribution in [0.25, 0.3) is 0 Å². The third-order valence-electron chi connectivity index (χ3n) is 2.34. The summed E-state index contributed by atoms with van der Waals surface area (Å²) in [6, 6.07) is 7.51. The highest BCUT2D eigenvalue weighted by Crippen LogP contribution is 2.24. The fourth-order valence-corrected chi connectivity index (χ4v) is 4.53. The molecule has 5 heteroatoms. The minimum absolute atomic E-state index is 0.557. The molecule has 1 heterocycles. The number of halogens is 1. The molecule has 0 radical (unpaired) electrons. The van der Waals surface area contributed by atoms with E-state index in [1.807, 2.05) is 30.5 Å². The number of aryl methyl sites for hydroxylation is 1. The third-order valence-corrected chi connectivity index (χ3v) is 5.74. The van der Waals surface area contributed by atoms with Crippen LogP contribution >= 0.6 is 27.3 Å². The molecular formula is C12H12BrNOS2. The average Bonchev–Trinajstić information content (AvgIpc) is 2.63. The van der Waals surface area contributed by atoms with Gasteiger partial charge in [-0.1, -0.05) is 0 Å². The molecule has 1 unspecified atom stereocenters. The Balaban J connectivity index is 2.20. The third kappa shape index (κ3) is 3.18. The van der Waals surface area contributed by atoms with Gasteiger partial charge >= 0.3 is 0 Å². The molecule has 0 aliphatic carbocycles. The summed E-state index contributed by atoms with van der Waals surface area (Å²) < 4.78 is 13.3. The van der Waals surface area contributed by atoms with E-state index in [1.165, 1.54) is 0 Å². The van der Waals surface area contributed by atoms with Crippen LogP contribution in [0.4, 0.5) is 5.69 Å². The SMILES string of the molecule is Cc1cc(N)ccc1S(=O)Cc1cc(Br)cs1. The van der Waals surface area contributed by atoms with Gasteiger partial charge in [-0.2, -0.15) is 0 Å². The number of rotatable bonds is 3. The van der Waals surface area contributed by atoms with Crippen LogP contribution in [0.2, 0.25) is 0 Å². The number of benzene rings is 1. The van der Waals surface area contributed by atoms with Crippen molar-refractivity contribution in [2.45, 2.75) is 17.6 Å². The summed E-state index contributed by atoms with van der Waals surface area (Å²) in [6.45, 7) is 1.94. The first-order chi connectivity index (χ1) is 8.06. The summed E-state index contributed by atoms with van der Waals surface area (Å²) in [6.07, 6.45) is 0. The Morgan fingerprint density at radius 3 is 2.76 bits per heavy atom. The van der Waals surface area contributed by atoms with Gasteiger partial charge in [0, 0.05) is 25.3 Å². The Morgan fingerprint density at radius 1 is 1.41 bits per heavy atom. The summed E-state index contributed by atoms with van der Waals surface area (Å²) in [5, 5.41) is 2.00. The van der Waals surface area contributed by atoms with Crippen LogP contribution in [0.3, 0.4) is 0 Å². The molecule has 1 atom stereocenters. The predicted molar refractivity (Wildman–Crippen MR) is 77.7 cm³/mol. The minimum atomic E-state index is -1.01. The van der Waals surface area contributed by atoms with Gasteiger partial charge in [-0.3, -0.25) is 4.21 Å². The first-order valence-corrected chi connectivity index (χ1v) is 8.03. The zero-order valence-electron chi connectivity index (χ0n) is 9.27. The fourth-order valence-electron chi connectivity index (χ4n) is 1.56. The van der Waals surface area contributed by atoms with Gasteiger partial charge in [0.2, 0.25) is 0 Å². The fraction of sp³-hybridized carbons (Fsp3) is 0.167. The Morgan fingerprint density at radius 2 is 2.18 bits per heavy atom. The number of hydrogen-bond donors (Lipinski definition) is 1. The molecule has 2 N–H and O–H groups in total. The number of nitrogens with two attached hydrogens (primary N) is 1. The number of thiophene rings is 1. The van der Waals surface area contributed by atoms with Crippen LogP contribution in [0.1, 0.15) is 10.4 Å². The van der Waals surface area contributed by atoms with Crippen LogP contribution in [-0.2, 0) is 16.6 Å². The van der Waals surface area contributed by atoms with E-state index in [2.05, 4.69) is 15.9 Å². The summed E-state index contributed by atoms with van der Waals surface area (Å²) in [7, 11) is -1.01. The summed E-state index contributed by atoms with van der Waals surface area (Å²) >= 11 is 5.01. The molecular weight excluding hydrogens is 318 g/mol. The lowest BCUT2D eigenvalue weighted by Crippen LogP contribution is -1.98. The largest absolute Gasteiger partial charge is 0.399 e. The maximum absolute atomic E-state index is 12.2. The van der Waals surface area contributed by atoms with Crippen molar-refractivity contribution in [1.82, 2.24) is 0 Å². The molecule has 1 aromatic heterocycles. The molecule has 90 valence electrons. The van der Waals surface area contributed by atoms with Gasteiger partial charge in [-0.25, -0.2) is 0 Å². The summed E-state index contributed by atoms with van der Waals surface area (Å²) in [4.78, 5) is 1.98. The number of anilines is 1. The van der Waals surface area contributed by atoms with Gasteiger partial charge in [-0.05, 0) is 52.7 Å². The maximum Gasteiger partial charge on any atom is 0.0627 e. The molecule has 0 amide bonds. The quantitative estimate of drug-likeness (QED) is 0.872. The van der Waals surface area contributed by atoms with Crippen molar-refractivity contribution in [3.63, 3.8) is 0 Å². The monoisotopic (exact) mass is 329 g/mol. The number of nitrogen functional groups attached to an aromatic ring is 1. The lowest BCUT2D eigenvalue weighted by atomic mass is 10.2. The van der Waals surface area contributed by atoms with E-state index in [9.17, 15) is 4.21 Å². The molecule has 0 bridgehead atoms. The van der Waals surface area contributed by atoms with Crippen LogP contribution in [0.15, 0.2) is 39.0 Å². The highest BCUT2D eigenvalue weighted by Gasteiger charge is 2.09. The molecule has 0 aliphatic heterocycles. The van der Waals surface area contributed by atoms with Crippen molar-refractivity contribution in [3.8, 4) is 0 Å². The topological polar surface area (TPSA) is 43.1 Å². The maximum atomic E-state index is 12.2. The van der Waals surface area contributed by atoms with Gasteiger partial charge in [0.1, 0.15) is 0 Å². The van der Waals surface area contributed by atoms with E-state index in [0.29, 0.717) is 11.4 Å². The Bertz CT molecular complexity index is 565. The van der Waals surface area contributed by atoms with Gasteiger partial charge in [0.05, 0.1) is 16.6 Å². The standard InChI is InChI=1S/C12H12BrNOS2/c1-8-4-10(14)2-3-12(8)17(15)7-11-5-9(13)6-16-11/h2-6H,7,14H2,1H3. The van der Waals surface area contributed by atoms with E-state index in [1.54, 1.807) is 17.4 Å². The number of hydrogen-bond acceptors (Lipinski definition) is 3. The second-order valence-corrected chi connectivity index (χ2v) is 7.08. The van der Waals surface area contributed by atoms with Crippen molar-refractivity contribution in [3.05, 3.63) is 44.6 Å². The van der Waals surface area contributed by atoms with Crippen molar-refractivity contribution in [2.24, 2.45) is 0 Å². The minimum Gasteiger partial charge on any atom is -0.399 e. The van der Waals surface area contributed by atoms with Crippen molar-refractivity contribution >= 4 is 43.8 Å². The highest BCUT2D eigenvalue weighted by molar-refractivity contribution is 9.10. The molecule has 0 aliphatic rings. The van der Waals surface area contributed by atoms with Crippen molar-refractivity contribution < 1.29 is 4.21 Å². The second-order valence-electron chi connectivity index (χ2n) is 3.75. The van der Waals surface area contributed by atoms with Gasteiger partial charge in [0.25, 0.3) is 0 Å². The van der Waals surface area contributed by atoms with Gasteiger partial charge < -0.3 is 5.73 Å². The van der Waals surface area contributed by atoms with E-state index in [4.69, 9.17) is 5.73 Å². The van der Waals surface area contributed by atoms with Crippen LogP contribution in [0.5, 0.6) is 0 Å². The summed E-state index contributed by atoms with van der Waals surface area (Å²) in [5.41, 5.74) is 7.38. The highest BCUT2D eigenvalue weighted by atomic mass is 79.9. The molecule has 2 aromatic rings. The molecule has 17 heavy (non-hydrogen) atoms. The molecule has 1 aromatic carbocycles. The van der Waals surface area contributed by atoms with E-state index < -0.39 is 10.8 Å². The predicted octanol–water partition coefficient (Wildman–Crippen LogP) is 3.71. The Hall–Kier alpha value is -0.650. The zero-order chi connectivity index (χ0) is 12.4. The van der Waals surface area contributed by atoms with Crippen LogP contribution < -0.4 is 5.73 Å². The molecule has 0 saturated carbocycles. The Labute approximate surface area is 115 Å². The lowest BCUT2D eigenvalue weighted by molar-refractivity contribution is 0.682. The smallest absolute Gasteiger partial charge is 0.0627 e. The normalized spacial score (nSPS) is 12.6. The van der Waals surface area contributed by atoms with Crippen LogP contribution in [0, 0.1) is 6.92 Å². The average molecular weight is 330 g/mol. The van der Waals surface area contributed by atoms with Crippen LogP contribution in [-0.4, -0.2) is 4.21 Å². The van der Waals surface area contributed by atoms with E-state index >= 15 is 0 Å². The molecule has 0 spiro atoms. The molecule has 2 nitrogen and oxygen atoms in total. The summed E-state index contributed by atoms with van der Waals surface area (Å²) in [5.74, 6) is 0.557. The van der Waals surface area contributed by atoms with E-state index in [-0.39, 0.29) is 0 Å². The van der Waals surface area contributed by atoms with Gasteiger partial charge in [0.15, 0.2) is 0 Å².